The number of hydrogen-bond acceptors (Lipinski definition) is 0. The van der Waals surface area contributed by atoms with Crippen LogP contribution in [0.4, 0.5) is 13.4 Å². The van der Waals surface area contributed by atoms with E-state index < -0.39 is 10.4 Å². The Labute approximate surface area is 45.4 Å². The maximum absolute atomic E-state index is 11.0. The Morgan fingerprint density at radius 2 is 1.29 bits per heavy atom. The SMILES string of the molecule is F[N+](F)(F)[C-]([Si])[Si]. The highest BCUT2D eigenvalue weighted by atomic mass is 28.2. The van der Waals surface area contributed by atoms with Crippen LogP contribution in [0.2, 0.25) is 0 Å². The predicted octanol–water partition coefficient (Wildman–Crippen LogP) is 0.241. The molecular formula is CF3NSi2. The van der Waals surface area contributed by atoms with Crippen molar-refractivity contribution in [1.82, 2.24) is 0 Å². The summed E-state index contributed by atoms with van der Waals surface area (Å²) < 4.78 is 32.9. The zero-order valence-corrected chi connectivity index (χ0v) is 5.08. The maximum atomic E-state index is 11.0. The van der Waals surface area contributed by atoms with Crippen LogP contribution in [-0.4, -0.2) is 25.6 Å². The van der Waals surface area contributed by atoms with Crippen molar-refractivity contribution in [1.29, 1.82) is 0 Å². The Balaban J connectivity index is 3.54. The van der Waals surface area contributed by atoms with Gasteiger partial charge in [0, 0.05) is 0 Å². The second kappa shape index (κ2) is 1.97. The number of halogens is 3. The second-order valence-corrected chi connectivity index (χ2v) is 2.24. The lowest BCUT2D eigenvalue weighted by Gasteiger charge is -2.14. The highest BCUT2D eigenvalue weighted by Crippen LogP contribution is 2.16. The van der Waals surface area contributed by atoms with Crippen LogP contribution in [-0.2, 0) is 0 Å². The van der Waals surface area contributed by atoms with E-state index in [4.69, 9.17) is 0 Å². The van der Waals surface area contributed by atoms with E-state index in [9.17, 15) is 13.4 Å². The van der Waals surface area contributed by atoms with Gasteiger partial charge in [-0.15, -0.1) is 20.5 Å². The van der Waals surface area contributed by atoms with Crippen LogP contribution in [0.25, 0.3) is 0 Å². The van der Waals surface area contributed by atoms with Gasteiger partial charge in [0.05, 0.1) is 13.4 Å². The minimum atomic E-state index is -3.70. The molecule has 0 bridgehead atoms. The summed E-state index contributed by atoms with van der Waals surface area (Å²) in [5.74, 6) is 0. The number of hydrogen-bond donors (Lipinski definition) is 0. The quantitative estimate of drug-likeness (QED) is 0.277. The van der Waals surface area contributed by atoms with Crippen molar-refractivity contribution >= 4 is 20.5 Å². The normalized spacial score (nSPS) is 12.9. The Bertz CT molecular complexity index is 58.4. The van der Waals surface area contributed by atoms with E-state index in [1.807, 2.05) is 0 Å². The Kier molecular flexibility index (Phi) is 2.02. The Hall–Kier alpha value is 0.184. The molecule has 0 aliphatic heterocycles. The summed E-state index contributed by atoms with van der Waals surface area (Å²) in [7, 11) is 4.44. The molecule has 0 N–H and O–H groups in total. The van der Waals surface area contributed by atoms with Crippen LogP contribution < -0.4 is 0 Å². The maximum Gasteiger partial charge on any atom is 0.120 e. The van der Waals surface area contributed by atoms with Crippen molar-refractivity contribution in [3.63, 3.8) is 0 Å². The first kappa shape index (κ1) is 7.18. The van der Waals surface area contributed by atoms with Gasteiger partial charge >= 0.3 is 0 Å². The fourth-order valence-electron chi connectivity index (χ4n) is 0. The Morgan fingerprint density at radius 1 is 1.14 bits per heavy atom. The van der Waals surface area contributed by atoms with E-state index in [2.05, 4.69) is 20.5 Å². The number of rotatable bonds is 1. The van der Waals surface area contributed by atoms with Gasteiger partial charge in [0.2, 0.25) is 0 Å². The molecule has 0 rings (SSSR count). The standard InChI is InChI=1S/CF3NSi2/c2-5(3,4)1(6)7. The molecule has 0 heterocycles. The van der Waals surface area contributed by atoms with E-state index >= 15 is 0 Å². The highest BCUT2D eigenvalue weighted by molar-refractivity contribution is 6.42. The average Bonchev–Trinajstić information content (AvgIpc) is 1.31. The van der Waals surface area contributed by atoms with Crippen molar-refractivity contribution in [2.24, 2.45) is 0 Å². The van der Waals surface area contributed by atoms with E-state index in [1.54, 1.807) is 0 Å². The molecule has 0 aliphatic carbocycles. The van der Waals surface area contributed by atoms with E-state index in [0.29, 0.717) is 0 Å². The van der Waals surface area contributed by atoms with E-state index in [0.717, 1.165) is 0 Å². The zero-order chi connectivity index (χ0) is 6.08. The molecule has 38 valence electrons. The summed E-state index contributed by atoms with van der Waals surface area (Å²) in [4.78, 5) is 0. The molecule has 0 aromatic heterocycles. The molecule has 0 amide bonds. The molecule has 0 aliphatic rings. The zero-order valence-electron chi connectivity index (χ0n) is 3.08. The molecule has 0 fully saturated rings. The van der Waals surface area contributed by atoms with Crippen molar-refractivity contribution in [2.75, 3.05) is 0 Å². The molecule has 0 unspecified atom stereocenters. The summed E-state index contributed by atoms with van der Waals surface area (Å²) in [6, 6.07) is 0. The molecule has 1 nitrogen and oxygen atoms in total. The van der Waals surface area contributed by atoms with Gasteiger partial charge in [-0.2, -0.15) is 0 Å². The third-order valence-electron chi connectivity index (χ3n) is 0.254. The van der Waals surface area contributed by atoms with Gasteiger partial charge in [-0.05, 0) is 5.29 Å². The second-order valence-electron chi connectivity index (χ2n) is 0.794. The van der Waals surface area contributed by atoms with Crippen molar-refractivity contribution in [3.8, 4) is 0 Å². The van der Waals surface area contributed by atoms with Crippen LogP contribution in [0, 0.1) is 5.29 Å². The van der Waals surface area contributed by atoms with Crippen molar-refractivity contribution in [2.45, 2.75) is 0 Å². The highest BCUT2D eigenvalue weighted by Gasteiger charge is 2.22. The van der Waals surface area contributed by atoms with Crippen LogP contribution in [0.3, 0.4) is 0 Å². The topological polar surface area (TPSA) is 0 Å². The number of quaternary nitrogens is 1. The predicted molar refractivity (Wildman–Crippen MR) is 18.3 cm³/mol. The fraction of sp³-hybridized carbons (Fsp3) is 0. The summed E-state index contributed by atoms with van der Waals surface area (Å²) in [6.07, 6.45) is 0. The summed E-state index contributed by atoms with van der Waals surface area (Å²) in [5, 5.41) is -4.66. The minimum Gasteiger partial charge on any atom is -0.129 e. The third kappa shape index (κ3) is 2.83. The van der Waals surface area contributed by atoms with Crippen molar-refractivity contribution in [3.05, 3.63) is 5.29 Å². The lowest BCUT2D eigenvalue weighted by Crippen LogP contribution is -2.25. The van der Waals surface area contributed by atoms with Gasteiger partial charge in [-0.25, -0.2) is 0 Å². The lowest BCUT2D eigenvalue weighted by atomic mass is 11.4. The van der Waals surface area contributed by atoms with Crippen LogP contribution in [0.5, 0.6) is 0 Å². The van der Waals surface area contributed by atoms with Gasteiger partial charge < -0.3 is 0 Å². The lowest BCUT2D eigenvalue weighted by molar-refractivity contribution is -1.25. The van der Waals surface area contributed by atoms with Crippen molar-refractivity contribution < 1.29 is 18.6 Å². The van der Waals surface area contributed by atoms with Gasteiger partial charge in [-0.3, -0.25) is 0 Å². The van der Waals surface area contributed by atoms with E-state index in [1.165, 1.54) is 0 Å². The summed E-state index contributed by atoms with van der Waals surface area (Å²) in [5.41, 5.74) is 0. The average molecular weight is 139 g/mol. The van der Waals surface area contributed by atoms with Crippen LogP contribution >= 0.6 is 0 Å². The molecule has 0 aromatic rings. The van der Waals surface area contributed by atoms with Gasteiger partial charge in [-0.1, -0.05) is 0 Å². The van der Waals surface area contributed by atoms with Gasteiger partial charge in [0.15, 0.2) is 0 Å². The molecule has 6 heteroatoms. The molecular weight excluding hydrogens is 139 g/mol. The first-order valence-electron chi connectivity index (χ1n) is 1.23. The molecule has 0 spiro atoms. The first-order valence-corrected chi connectivity index (χ1v) is 2.23. The number of nitrogens with zero attached hydrogens (tertiary/aromatic N) is 1. The summed E-state index contributed by atoms with van der Waals surface area (Å²) in [6.45, 7) is 0. The molecule has 0 aromatic carbocycles. The van der Waals surface area contributed by atoms with Crippen LogP contribution in [0.1, 0.15) is 0 Å². The minimum absolute atomic E-state index is 0.958. The first-order chi connectivity index (χ1) is 2.94. The summed E-state index contributed by atoms with van der Waals surface area (Å²) >= 11 is 0. The van der Waals surface area contributed by atoms with E-state index in [-0.39, 0.29) is 0 Å². The largest absolute Gasteiger partial charge is 0.129 e. The van der Waals surface area contributed by atoms with Gasteiger partial charge in [0.1, 0.15) is 5.15 Å². The van der Waals surface area contributed by atoms with Gasteiger partial charge in [0.25, 0.3) is 0 Å². The third-order valence-corrected chi connectivity index (χ3v) is 0.761. The molecule has 7 heavy (non-hydrogen) atoms. The van der Waals surface area contributed by atoms with Crippen LogP contribution in [0.15, 0.2) is 0 Å². The molecule has 6 radical (unpaired) electrons. The monoisotopic (exact) mass is 139 g/mol. The molecule has 0 saturated heterocycles. The molecule has 0 saturated carbocycles. The Morgan fingerprint density at radius 3 is 1.29 bits per heavy atom. The fourth-order valence-corrected chi connectivity index (χ4v) is 0. The molecule has 0 atom stereocenters. The smallest absolute Gasteiger partial charge is 0.120 e.